The van der Waals surface area contributed by atoms with Crippen LogP contribution in [0.1, 0.15) is 22.8 Å². The van der Waals surface area contributed by atoms with Gasteiger partial charge >= 0.3 is 5.97 Å². The zero-order valence-electron chi connectivity index (χ0n) is 24.1. The number of hydrogen-bond acceptors (Lipinski definition) is 8. The number of nitro groups is 1. The predicted molar refractivity (Wildman–Crippen MR) is 165 cm³/mol. The van der Waals surface area contributed by atoms with Crippen molar-refractivity contribution in [3.05, 3.63) is 136 Å². The van der Waals surface area contributed by atoms with Crippen molar-refractivity contribution in [2.45, 2.75) is 18.2 Å². The van der Waals surface area contributed by atoms with Gasteiger partial charge in [0, 0.05) is 17.8 Å². The number of anilines is 2. The lowest BCUT2D eigenvalue weighted by Gasteiger charge is -2.36. The number of imide groups is 1. The first kappa shape index (κ1) is 28.0. The fourth-order valence-corrected chi connectivity index (χ4v) is 6.76. The highest BCUT2D eigenvalue weighted by molar-refractivity contribution is 6.25. The molecular weight excluding hydrogens is 574 g/mol. The maximum Gasteiger partial charge on any atom is 0.330 e. The van der Waals surface area contributed by atoms with E-state index < -0.39 is 52.7 Å². The number of fused-ring (bicyclic) bond motifs is 5. The van der Waals surface area contributed by atoms with Crippen LogP contribution in [0.2, 0.25) is 0 Å². The quantitative estimate of drug-likeness (QED) is 0.121. The molecule has 0 aliphatic carbocycles. The molecule has 7 rings (SSSR count). The summed E-state index contributed by atoms with van der Waals surface area (Å²) in [5.74, 6) is -3.83. The molecule has 2 saturated heterocycles. The molecule has 0 spiro atoms. The summed E-state index contributed by atoms with van der Waals surface area (Å²) in [5, 5.41) is 11.6. The second kappa shape index (κ2) is 11.1. The number of esters is 1. The number of carbonyl (C=O) groups excluding carboxylic acids is 3. The first-order chi connectivity index (χ1) is 21.9. The van der Waals surface area contributed by atoms with Gasteiger partial charge < -0.3 is 14.4 Å². The van der Waals surface area contributed by atoms with Crippen molar-refractivity contribution >= 4 is 40.9 Å². The van der Waals surface area contributed by atoms with Crippen LogP contribution in [0.5, 0.6) is 5.75 Å². The number of nitro benzene ring substituents is 1. The largest absolute Gasteiger partial charge is 0.495 e. The van der Waals surface area contributed by atoms with E-state index in [0.29, 0.717) is 5.69 Å². The number of benzene rings is 4. The van der Waals surface area contributed by atoms with Crippen LogP contribution >= 0.6 is 0 Å². The van der Waals surface area contributed by atoms with E-state index in [2.05, 4.69) is 0 Å². The molecule has 224 valence electrons. The van der Waals surface area contributed by atoms with Crippen LogP contribution in [0.15, 0.2) is 109 Å². The standard InChI is InChI=1S/C35H27N3O7/c1-44-28-19-17-24(38(42)43)20-27(28)37-33(39)29-26-18-16-21-10-8-9-15-25(21)36(26)31(30(29)34(37)40)35(41)45-32(22-11-4-2-5-12-22)23-13-6-3-7-14-23/h2-20,26,29-32H,1H3/t26-,29-,30+,31-/m0/s1. The molecule has 4 atom stereocenters. The Labute approximate surface area is 258 Å². The molecule has 4 aromatic rings. The van der Waals surface area contributed by atoms with Crippen LogP contribution < -0.4 is 14.5 Å². The normalized spacial score (nSPS) is 21.4. The molecule has 0 aromatic heterocycles. The fraction of sp³-hybridized carbons (Fsp3) is 0.171. The van der Waals surface area contributed by atoms with Gasteiger partial charge in [0.05, 0.1) is 29.9 Å². The molecule has 10 nitrogen and oxygen atoms in total. The number of carbonyl (C=O) groups is 3. The minimum absolute atomic E-state index is 0.0404. The van der Waals surface area contributed by atoms with Crippen molar-refractivity contribution in [2.75, 3.05) is 16.9 Å². The highest BCUT2D eigenvalue weighted by atomic mass is 16.6. The second-order valence-electron chi connectivity index (χ2n) is 11.1. The topological polar surface area (TPSA) is 119 Å². The van der Waals surface area contributed by atoms with E-state index in [4.69, 9.17) is 9.47 Å². The molecule has 0 radical (unpaired) electrons. The molecule has 0 N–H and O–H groups in total. The number of para-hydroxylation sites is 1. The van der Waals surface area contributed by atoms with E-state index >= 15 is 0 Å². The molecule has 2 fully saturated rings. The summed E-state index contributed by atoms with van der Waals surface area (Å²) in [6.45, 7) is 0. The summed E-state index contributed by atoms with van der Waals surface area (Å²) < 4.78 is 11.7. The Morgan fingerprint density at radius 2 is 1.44 bits per heavy atom. The van der Waals surface area contributed by atoms with Gasteiger partial charge in [-0.15, -0.1) is 0 Å². The lowest BCUT2D eigenvalue weighted by atomic mass is 9.88. The number of non-ortho nitro benzene ring substituents is 1. The monoisotopic (exact) mass is 601 g/mol. The number of rotatable bonds is 7. The maximum atomic E-state index is 14.5. The van der Waals surface area contributed by atoms with Crippen molar-refractivity contribution in [3.63, 3.8) is 0 Å². The van der Waals surface area contributed by atoms with Gasteiger partial charge in [0.2, 0.25) is 11.8 Å². The predicted octanol–water partition coefficient (Wildman–Crippen LogP) is 5.33. The number of hydrogen-bond donors (Lipinski definition) is 0. The third kappa shape index (κ3) is 4.53. The highest BCUT2D eigenvalue weighted by Gasteiger charge is 2.65. The van der Waals surface area contributed by atoms with Crippen molar-refractivity contribution in [1.29, 1.82) is 0 Å². The number of methoxy groups -OCH3 is 1. The zero-order valence-corrected chi connectivity index (χ0v) is 24.1. The third-order valence-corrected chi connectivity index (χ3v) is 8.71. The van der Waals surface area contributed by atoms with E-state index in [1.807, 2.05) is 102 Å². The van der Waals surface area contributed by atoms with E-state index in [9.17, 15) is 24.5 Å². The van der Waals surface area contributed by atoms with Crippen molar-refractivity contribution in [2.24, 2.45) is 11.8 Å². The number of nitrogens with zero attached hydrogens (tertiary/aromatic N) is 3. The smallest absolute Gasteiger partial charge is 0.330 e. The van der Waals surface area contributed by atoms with E-state index in [0.717, 1.165) is 27.7 Å². The van der Waals surface area contributed by atoms with Gasteiger partial charge in [-0.25, -0.2) is 9.69 Å². The molecule has 2 amide bonds. The maximum absolute atomic E-state index is 14.5. The summed E-state index contributed by atoms with van der Waals surface area (Å²) in [6, 6.07) is 28.0. The van der Waals surface area contributed by atoms with E-state index in [1.54, 1.807) is 0 Å². The van der Waals surface area contributed by atoms with Gasteiger partial charge in [-0.05, 0) is 28.8 Å². The first-order valence-electron chi connectivity index (χ1n) is 14.4. The van der Waals surface area contributed by atoms with Gasteiger partial charge in [0.15, 0.2) is 6.10 Å². The molecule has 3 aliphatic rings. The van der Waals surface area contributed by atoms with Gasteiger partial charge in [-0.3, -0.25) is 19.7 Å². The number of amides is 2. The van der Waals surface area contributed by atoms with Crippen LogP contribution in [0.3, 0.4) is 0 Å². The van der Waals surface area contributed by atoms with E-state index in [1.165, 1.54) is 19.2 Å². The van der Waals surface area contributed by atoms with Crippen LogP contribution in [0.4, 0.5) is 17.1 Å². The fourth-order valence-electron chi connectivity index (χ4n) is 6.76. The molecular formula is C35H27N3O7. The van der Waals surface area contributed by atoms with Crippen molar-refractivity contribution < 1.29 is 28.8 Å². The molecule has 4 aromatic carbocycles. The number of ether oxygens (including phenoxy) is 2. The molecule has 0 saturated carbocycles. The molecule has 3 heterocycles. The zero-order chi connectivity index (χ0) is 31.2. The van der Waals surface area contributed by atoms with Crippen LogP contribution in [-0.4, -0.2) is 41.9 Å². The molecule has 0 bridgehead atoms. The SMILES string of the molecule is COc1ccc([N+](=O)[O-])cc1N1C(=O)[C@@H]2[C@@H](C1=O)[C@@H]1C=Cc3ccccc3N1[C@@H]2C(=O)OC(c1ccccc1)c1ccccc1. The Morgan fingerprint density at radius 3 is 2.09 bits per heavy atom. The molecule has 0 unspecified atom stereocenters. The Kier molecular flexibility index (Phi) is 6.89. The Balaban J connectivity index is 1.33. The average molecular weight is 602 g/mol. The summed E-state index contributed by atoms with van der Waals surface area (Å²) in [6.07, 6.45) is 2.94. The van der Waals surface area contributed by atoms with Crippen LogP contribution in [0.25, 0.3) is 6.08 Å². The van der Waals surface area contributed by atoms with Gasteiger partial charge in [0.1, 0.15) is 17.5 Å². The summed E-state index contributed by atoms with van der Waals surface area (Å²) in [5.41, 5.74) is 2.70. The lowest BCUT2D eigenvalue weighted by Crippen LogP contribution is -2.49. The average Bonchev–Trinajstić information content (AvgIpc) is 3.56. The Morgan fingerprint density at radius 1 is 0.822 bits per heavy atom. The molecule has 3 aliphatic heterocycles. The minimum Gasteiger partial charge on any atom is -0.495 e. The summed E-state index contributed by atoms with van der Waals surface area (Å²) in [7, 11) is 1.35. The molecule has 45 heavy (non-hydrogen) atoms. The van der Waals surface area contributed by atoms with Gasteiger partial charge in [0.25, 0.3) is 5.69 Å². The Bertz CT molecular complexity index is 1820. The van der Waals surface area contributed by atoms with Crippen LogP contribution in [0, 0.1) is 22.0 Å². The minimum atomic E-state index is -1.16. The van der Waals surface area contributed by atoms with Crippen molar-refractivity contribution in [1.82, 2.24) is 0 Å². The Hall–Kier alpha value is -5.77. The van der Waals surface area contributed by atoms with Gasteiger partial charge in [-0.1, -0.05) is 91.0 Å². The first-order valence-corrected chi connectivity index (χ1v) is 14.4. The van der Waals surface area contributed by atoms with E-state index in [-0.39, 0.29) is 17.1 Å². The molecule has 10 heteroatoms. The van der Waals surface area contributed by atoms with Crippen molar-refractivity contribution in [3.8, 4) is 5.75 Å². The lowest BCUT2D eigenvalue weighted by molar-refractivity contribution is -0.384. The third-order valence-electron chi connectivity index (χ3n) is 8.71. The van der Waals surface area contributed by atoms with Gasteiger partial charge in [-0.2, -0.15) is 0 Å². The summed E-state index contributed by atoms with van der Waals surface area (Å²) >= 11 is 0. The van der Waals surface area contributed by atoms with Crippen LogP contribution in [-0.2, 0) is 19.1 Å². The second-order valence-corrected chi connectivity index (χ2v) is 11.1. The summed E-state index contributed by atoms with van der Waals surface area (Å²) in [4.78, 5) is 56.8. The highest BCUT2D eigenvalue weighted by Crippen LogP contribution is 2.51.